The van der Waals surface area contributed by atoms with Crippen molar-refractivity contribution in [3.63, 3.8) is 0 Å². The van der Waals surface area contributed by atoms with E-state index in [2.05, 4.69) is 47.4 Å². The highest BCUT2D eigenvalue weighted by Gasteiger charge is 2.24. The lowest BCUT2D eigenvalue weighted by Gasteiger charge is -2.20. The van der Waals surface area contributed by atoms with E-state index < -0.39 is 14.1 Å². The monoisotopic (exact) mass is 436 g/mol. The van der Waals surface area contributed by atoms with Crippen LogP contribution in [0.15, 0.2) is 67.3 Å². The van der Waals surface area contributed by atoms with E-state index >= 15 is 0 Å². The summed E-state index contributed by atoms with van der Waals surface area (Å²) in [6.07, 6.45) is 4.86. The van der Waals surface area contributed by atoms with Gasteiger partial charge in [-0.15, -0.1) is 0 Å². The van der Waals surface area contributed by atoms with Crippen LogP contribution in [0.1, 0.15) is 11.6 Å². The number of nitrogens with one attached hydrogen (secondary N) is 2. The van der Waals surface area contributed by atoms with Crippen LogP contribution in [0.4, 0.5) is 5.69 Å². The molecule has 0 bridgehead atoms. The Hall–Kier alpha value is -3.39. The maximum atomic E-state index is 13.1. The molecule has 0 radical (unpaired) electrons. The second kappa shape index (κ2) is 9.61. The normalized spacial score (nSPS) is 12.1. The van der Waals surface area contributed by atoms with Gasteiger partial charge in [0.1, 0.15) is 18.3 Å². The number of methoxy groups -OCH3 is 1. The zero-order chi connectivity index (χ0) is 22.4. The summed E-state index contributed by atoms with van der Waals surface area (Å²) in [7, 11) is 0.158. The lowest BCUT2D eigenvalue weighted by Crippen LogP contribution is -2.39. The van der Waals surface area contributed by atoms with Crippen molar-refractivity contribution in [2.45, 2.75) is 32.2 Å². The van der Waals surface area contributed by atoms with Gasteiger partial charge in [0.25, 0.3) is 5.91 Å². The SMILES string of the molecule is COc1ccc(C(NC(=O)Cn2ccnc2)C(=O)Nc2ccc([Si](C)(C)C)cc2)cc1. The summed E-state index contributed by atoms with van der Waals surface area (Å²) in [6.45, 7) is 6.90. The number of rotatable bonds is 8. The van der Waals surface area contributed by atoms with Gasteiger partial charge in [-0.25, -0.2) is 4.98 Å². The van der Waals surface area contributed by atoms with Gasteiger partial charge in [-0.2, -0.15) is 0 Å². The van der Waals surface area contributed by atoms with Gasteiger partial charge in [-0.05, 0) is 29.8 Å². The van der Waals surface area contributed by atoms with Crippen LogP contribution in [0.5, 0.6) is 5.75 Å². The number of carbonyl (C=O) groups excluding carboxylic acids is 2. The first-order valence-corrected chi connectivity index (χ1v) is 13.6. The van der Waals surface area contributed by atoms with E-state index in [1.54, 1.807) is 54.7 Å². The number of nitrogens with zero attached hydrogens (tertiary/aromatic N) is 2. The van der Waals surface area contributed by atoms with Crippen LogP contribution in [0.25, 0.3) is 0 Å². The third-order valence-corrected chi connectivity index (χ3v) is 6.99. The zero-order valence-corrected chi connectivity index (χ0v) is 19.3. The first-order valence-electron chi connectivity index (χ1n) is 10.1. The number of hydrogen-bond donors (Lipinski definition) is 2. The molecule has 8 heteroatoms. The maximum Gasteiger partial charge on any atom is 0.251 e. The summed E-state index contributed by atoms with van der Waals surface area (Å²) >= 11 is 0. The second-order valence-corrected chi connectivity index (χ2v) is 13.4. The van der Waals surface area contributed by atoms with Gasteiger partial charge in [0.2, 0.25) is 5.91 Å². The van der Waals surface area contributed by atoms with E-state index in [-0.39, 0.29) is 18.4 Å². The van der Waals surface area contributed by atoms with Crippen molar-refractivity contribution in [1.82, 2.24) is 14.9 Å². The molecule has 2 N–H and O–H groups in total. The van der Waals surface area contributed by atoms with Gasteiger partial charge in [0, 0.05) is 18.1 Å². The van der Waals surface area contributed by atoms with Gasteiger partial charge >= 0.3 is 0 Å². The average molecular weight is 437 g/mol. The number of benzene rings is 2. The van der Waals surface area contributed by atoms with Gasteiger partial charge in [0.05, 0.1) is 21.5 Å². The highest BCUT2D eigenvalue weighted by molar-refractivity contribution is 6.88. The quantitative estimate of drug-likeness (QED) is 0.532. The molecular weight excluding hydrogens is 408 g/mol. The van der Waals surface area contributed by atoms with Crippen LogP contribution in [-0.4, -0.2) is 36.5 Å². The van der Waals surface area contributed by atoms with Crippen LogP contribution in [0, 0.1) is 0 Å². The molecule has 1 heterocycles. The largest absolute Gasteiger partial charge is 0.497 e. The number of imidazole rings is 1. The van der Waals surface area contributed by atoms with E-state index in [0.717, 1.165) is 0 Å². The summed E-state index contributed by atoms with van der Waals surface area (Å²) in [6, 6.07) is 14.2. The molecule has 7 nitrogen and oxygen atoms in total. The second-order valence-electron chi connectivity index (χ2n) is 8.33. The molecule has 0 spiro atoms. The Morgan fingerprint density at radius 1 is 1.06 bits per heavy atom. The Balaban J connectivity index is 1.78. The molecule has 3 aromatic rings. The predicted molar refractivity (Wildman–Crippen MR) is 124 cm³/mol. The number of carbonyl (C=O) groups is 2. The van der Waals surface area contributed by atoms with Crippen LogP contribution in [0.2, 0.25) is 19.6 Å². The average Bonchev–Trinajstić information content (AvgIpc) is 3.25. The first kappa shape index (κ1) is 22.3. The standard InChI is InChI=1S/C23H28N4O3Si/c1-30-19-9-5-17(6-10-19)22(26-21(28)15-27-14-13-24-16-27)23(29)25-18-7-11-20(12-8-18)31(2,3)4/h5-14,16,22H,15H2,1-4H3,(H,25,29)(H,26,28). The van der Waals surface area contributed by atoms with E-state index in [1.165, 1.54) is 5.19 Å². The molecule has 0 aliphatic carbocycles. The smallest absolute Gasteiger partial charge is 0.251 e. The molecule has 0 aliphatic heterocycles. The van der Waals surface area contributed by atoms with Gasteiger partial charge in [-0.3, -0.25) is 9.59 Å². The van der Waals surface area contributed by atoms with Crippen molar-refractivity contribution in [2.24, 2.45) is 0 Å². The summed E-state index contributed by atoms with van der Waals surface area (Å²) in [5.41, 5.74) is 1.35. The fourth-order valence-electron chi connectivity index (χ4n) is 3.12. The molecule has 2 aromatic carbocycles. The Morgan fingerprint density at radius 2 is 1.74 bits per heavy atom. The minimum Gasteiger partial charge on any atom is -0.497 e. The van der Waals surface area contributed by atoms with E-state index in [9.17, 15) is 9.59 Å². The Kier molecular flexibility index (Phi) is 6.91. The third-order valence-electron chi connectivity index (χ3n) is 4.92. The predicted octanol–water partition coefficient (Wildman–Crippen LogP) is 2.93. The van der Waals surface area contributed by atoms with Crippen molar-refractivity contribution in [1.29, 1.82) is 0 Å². The summed E-state index contributed by atoms with van der Waals surface area (Å²) in [4.78, 5) is 29.6. The molecule has 0 aliphatic rings. The third kappa shape index (κ3) is 6.05. The van der Waals surface area contributed by atoms with Crippen molar-refractivity contribution >= 4 is 30.8 Å². The number of hydrogen-bond acceptors (Lipinski definition) is 4. The van der Waals surface area contributed by atoms with Crippen molar-refractivity contribution < 1.29 is 14.3 Å². The fourth-order valence-corrected chi connectivity index (χ4v) is 4.28. The summed E-state index contributed by atoms with van der Waals surface area (Å²) in [5, 5.41) is 7.07. The lowest BCUT2D eigenvalue weighted by atomic mass is 10.1. The highest BCUT2D eigenvalue weighted by atomic mass is 28.3. The maximum absolute atomic E-state index is 13.1. The Labute approximate surface area is 183 Å². The molecule has 0 saturated carbocycles. The highest BCUT2D eigenvalue weighted by Crippen LogP contribution is 2.20. The molecule has 0 saturated heterocycles. The van der Waals surface area contributed by atoms with Gasteiger partial charge in [-0.1, -0.05) is 49.1 Å². The number of aromatic nitrogens is 2. The van der Waals surface area contributed by atoms with Crippen molar-refractivity contribution in [2.75, 3.05) is 12.4 Å². The Morgan fingerprint density at radius 3 is 2.29 bits per heavy atom. The molecule has 1 atom stereocenters. The number of anilines is 1. The molecule has 1 aromatic heterocycles. The van der Waals surface area contributed by atoms with Crippen LogP contribution >= 0.6 is 0 Å². The zero-order valence-electron chi connectivity index (χ0n) is 18.3. The Bertz CT molecular complexity index is 1010. The summed E-state index contributed by atoms with van der Waals surface area (Å²) < 4.78 is 6.85. The van der Waals surface area contributed by atoms with Crippen molar-refractivity contribution in [3.8, 4) is 5.75 Å². The minimum atomic E-state index is -1.42. The van der Waals surface area contributed by atoms with Crippen LogP contribution < -0.4 is 20.6 Å². The van der Waals surface area contributed by atoms with E-state index in [0.29, 0.717) is 17.0 Å². The summed E-state index contributed by atoms with van der Waals surface area (Å²) in [5.74, 6) is 0.0718. The van der Waals surface area contributed by atoms with Crippen LogP contribution in [0.3, 0.4) is 0 Å². The molecule has 0 fully saturated rings. The lowest BCUT2D eigenvalue weighted by molar-refractivity contribution is -0.127. The van der Waals surface area contributed by atoms with Crippen molar-refractivity contribution in [3.05, 3.63) is 72.8 Å². The number of ether oxygens (including phenoxy) is 1. The molecule has 2 amide bonds. The molecular formula is C23H28N4O3Si. The fraction of sp³-hybridized carbons (Fsp3) is 0.261. The van der Waals surface area contributed by atoms with Gasteiger partial charge < -0.3 is 19.9 Å². The minimum absolute atomic E-state index is 0.0742. The molecule has 3 rings (SSSR count). The molecule has 1 unspecified atom stereocenters. The molecule has 31 heavy (non-hydrogen) atoms. The first-order chi connectivity index (χ1) is 14.8. The van der Waals surface area contributed by atoms with Gasteiger partial charge in [0.15, 0.2) is 0 Å². The van der Waals surface area contributed by atoms with E-state index in [4.69, 9.17) is 4.74 Å². The number of amides is 2. The topological polar surface area (TPSA) is 85.2 Å². The van der Waals surface area contributed by atoms with Crippen LogP contribution in [-0.2, 0) is 16.1 Å². The molecule has 162 valence electrons. The van der Waals surface area contributed by atoms with E-state index in [1.807, 2.05) is 12.1 Å².